The summed E-state index contributed by atoms with van der Waals surface area (Å²) in [5.74, 6) is -3.63. The maximum atomic E-state index is 11.8. The van der Waals surface area contributed by atoms with Crippen LogP contribution in [0.15, 0.2) is 11.4 Å². The van der Waals surface area contributed by atoms with Crippen molar-refractivity contribution in [3.8, 4) is 0 Å². The van der Waals surface area contributed by atoms with Gasteiger partial charge in [0.25, 0.3) is 0 Å². The fraction of sp³-hybridized carbons (Fsp3) is 0.400. The number of hydrogen-bond acceptors (Lipinski definition) is 4. The second-order valence-corrected chi connectivity index (χ2v) is 4.51. The molecule has 1 heterocycles. The molecule has 0 aliphatic carbocycles. The van der Waals surface area contributed by atoms with E-state index in [4.69, 9.17) is 0 Å². The molecule has 3 nitrogen and oxygen atoms in total. The van der Waals surface area contributed by atoms with Crippen molar-refractivity contribution >= 4 is 23.3 Å². The lowest BCUT2D eigenvalue weighted by atomic mass is 10.1. The van der Waals surface area contributed by atoms with Gasteiger partial charge in [-0.25, -0.2) is 9.59 Å². The van der Waals surface area contributed by atoms with Gasteiger partial charge in [0.1, 0.15) is 0 Å². The van der Waals surface area contributed by atoms with Crippen molar-refractivity contribution in [2.75, 3.05) is 0 Å². The van der Waals surface area contributed by atoms with Gasteiger partial charge in [-0.05, 0) is 12.0 Å². The summed E-state index contributed by atoms with van der Waals surface area (Å²) < 4.78 is 39.2. The van der Waals surface area contributed by atoms with E-state index in [1.54, 1.807) is 0 Å². The van der Waals surface area contributed by atoms with E-state index >= 15 is 0 Å². The zero-order chi connectivity index (χ0) is 13.2. The molecule has 0 N–H and O–H groups in total. The van der Waals surface area contributed by atoms with E-state index in [0.29, 0.717) is 0 Å². The largest absolute Gasteiger partial charge is 0.491 e. The van der Waals surface area contributed by atoms with E-state index in [1.165, 1.54) is 22.8 Å². The van der Waals surface area contributed by atoms with Crippen LogP contribution in [0.5, 0.6) is 0 Å². The van der Waals surface area contributed by atoms with E-state index in [1.807, 2.05) is 13.8 Å². The Balaban J connectivity index is 2.74. The van der Waals surface area contributed by atoms with Gasteiger partial charge in [-0.15, -0.1) is 11.3 Å². The number of rotatable bonds is 2. The van der Waals surface area contributed by atoms with Gasteiger partial charge in [-0.2, -0.15) is 13.2 Å². The minimum atomic E-state index is -5.16. The van der Waals surface area contributed by atoms with Gasteiger partial charge in [-0.3, -0.25) is 0 Å². The maximum Gasteiger partial charge on any atom is 0.491 e. The Labute approximate surface area is 99.2 Å². The SMILES string of the molecule is CC(C)c1cc(C(=O)OC(=O)C(F)(F)F)cs1. The number of esters is 2. The smallest absolute Gasteiger partial charge is 0.383 e. The molecule has 7 heteroatoms. The van der Waals surface area contributed by atoms with Crippen LogP contribution in [0.3, 0.4) is 0 Å². The first-order chi connectivity index (χ1) is 7.71. The fourth-order valence-corrected chi connectivity index (χ4v) is 1.86. The molecule has 0 unspecified atom stereocenters. The zero-order valence-corrected chi connectivity index (χ0v) is 9.82. The Hall–Kier alpha value is -1.37. The second-order valence-electron chi connectivity index (χ2n) is 3.57. The topological polar surface area (TPSA) is 43.4 Å². The molecule has 0 aromatic carbocycles. The summed E-state index contributed by atoms with van der Waals surface area (Å²) in [4.78, 5) is 22.5. The lowest BCUT2D eigenvalue weighted by molar-refractivity contribution is -0.193. The lowest BCUT2D eigenvalue weighted by Gasteiger charge is -2.04. The molecule has 0 amide bonds. The van der Waals surface area contributed by atoms with Crippen molar-refractivity contribution in [3.63, 3.8) is 0 Å². The van der Waals surface area contributed by atoms with E-state index < -0.39 is 18.1 Å². The Kier molecular flexibility index (Phi) is 3.92. The fourth-order valence-electron chi connectivity index (χ4n) is 0.964. The molecule has 94 valence electrons. The Morgan fingerprint density at radius 3 is 2.35 bits per heavy atom. The zero-order valence-electron chi connectivity index (χ0n) is 9.00. The molecule has 0 saturated carbocycles. The molecule has 0 saturated heterocycles. The average Bonchev–Trinajstić information content (AvgIpc) is 2.64. The van der Waals surface area contributed by atoms with Crippen LogP contribution < -0.4 is 0 Å². The third-order valence-corrected chi connectivity index (χ3v) is 3.07. The van der Waals surface area contributed by atoms with Crippen molar-refractivity contribution < 1.29 is 27.5 Å². The van der Waals surface area contributed by atoms with E-state index in [9.17, 15) is 22.8 Å². The molecule has 1 aromatic rings. The Bertz CT molecular complexity index is 434. The maximum absolute atomic E-state index is 11.8. The highest BCUT2D eigenvalue weighted by Gasteiger charge is 2.42. The molecule has 1 rings (SSSR count). The van der Waals surface area contributed by atoms with Crippen molar-refractivity contribution in [2.45, 2.75) is 25.9 Å². The van der Waals surface area contributed by atoms with Crippen molar-refractivity contribution in [2.24, 2.45) is 0 Å². The first kappa shape index (κ1) is 13.7. The number of carbonyl (C=O) groups excluding carboxylic acids is 2. The Morgan fingerprint density at radius 2 is 1.94 bits per heavy atom. The molecule has 17 heavy (non-hydrogen) atoms. The number of carbonyl (C=O) groups is 2. The summed E-state index contributed by atoms with van der Waals surface area (Å²) in [6.07, 6.45) is -5.16. The van der Waals surface area contributed by atoms with Crippen LogP contribution in [0.2, 0.25) is 0 Å². The predicted octanol–water partition coefficient (Wildman–Crippen LogP) is 3.12. The molecule has 0 aliphatic heterocycles. The lowest BCUT2D eigenvalue weighted by Crippen LogP contribution is -2.27. The highest BCUT2D eigenvalue weighted by Crippen LogP contribution is 2.24. The molecule has 0 spiro atoms. The summed E-state index contributed by atoms with van der Waals surface area (Å²) in [6.45, 7) is 3.75. The minimum Gasteiger partial charge on any atom is -0.383 e. The van der Waals surface area contributed by atoms with E-state index in [2.05, 4.69) is 4.74 Å². The van der Waals surface area contributed by atoms with Gasteiger partial charge < -0.3 is 4.74 Å². The van der Waals surface area contributed by atoms with Crippen molar-refractivity contribution in [3.05, 3.63) is 21.9 Å². The van der Waals surface area contributed by atoms with Crippen LogP contribution in [-0.4, -0.2) is 18.1 Å². The van der Waals surface area contributed by atoms with E-state index in [0.717, 1.165) is 4.88 Å². The van der Waals surface area contributed by atoms with Crippen LogP contribution in [0, 0.1) is 0 Å². The normalized spacial score (nSPS) is 11.6. The number of alkyl halides is 3. The third-order valence-electron chi connectivity index (χ3n) is 1.84. The van der Waals surface area contributed by atoms with Crippen LogP contribution in [0.25, 0.3) is 0 Å². The van der Waals surface area contributed by atoms with Gasteiger partial charge in [0, 0.05) is 10.3 Å². The summed E-state index contributed by atoms with van der Waals surface area (Å²) >= 11 is 1.23. The predicted molar refractivity (Wildman–Crippen MR) is 54.9 cm³/mol. The molecule has 0 atom stereocenters. The molecular weight excluding hydrogens is 257 g/mol. The highest BCUT2D eigenvalue weighted by atomic mass is 32.1. The second kappa shape index (κ2) is 4.87. The van der Waals surface area contributed by atoms with Gasteiger partial charge in [-0.1, -0.05) is 13.8 Å². The number of ether oxygens (including phenoxy) is 1. The van der Waals surface area contributed by atoms with Crippen molar-refractivity contribution in [1.29, 1.82) is 0 Å². The monoisotopic (exact) mass is 266 g/mol. The van der Waals surface area contributed by atoms with Gasteiger partial charge >= 0.3 is 18.1 Å². The number of thiophene rings is 1. The Morgan fingerprint density at radius 1 is 1.35 bits per heavy atom. The van der Waals surface area contributed by atoms with Gasteiger partial charge in [0.15, 0.2) is 0 Å². The van der Waals surface area contributed by atoms with Gasteiger partial charge in [0.2, 0.25) is 0 Å². The first-order valence-corrected chi connectivity index (χ1v) is 5.51. The summed E-state index contributed by atoms with van der Waals surface area (Å²) in [7, 11) is 0. The standard InChI is InChI=1S/C10H9F3O3S/c1-5(2)7-3-6(4-17-7)8(14)16-9(15)10(11,12)13/h3-5H,1-2H3. The number of halogens is 3. The van der Waals surface area contributed by atoms with Gasteiger partial charge in [0.05, 0.1) is 5.56 Å². The van der Waals surface area contributed by atoms with Crippen LogP contribution in [0.4, 0.5) is 13.2 Å². The molecule has 0 radical (unpaired) electrons. The summed E-state index contributed by atoms with van der Waals surface area (Å²) in [5, 5.41) is 1.36. The molecule has 0 fully saturated rings. The van der Waals surface area contributed by atoms with Crippen LogP contribution in [-0.2, 0) is 9.53 Å². The number of hydrogen-bond donors (Lipinski definition) is 0. The quantitative estimate of drug-likeness (QED) is 0.610. The highest BCUT2D eigenvalue weighted by molar-refractivity contribution is 7.10. The third kappa shape index (κ3) is 3.55. The molecule has 0 aliphatic rings. The van der Waals surface area contributed by atoms with Crippen LogP contribution in [0.1, 0.15) is 35.0 Å². The van der Waals surface area contributed by atoms with E-state index in [-0.39, 0.29) is 11.5 Å². The summed E-state index contributed by atoms with van der Waals surface area (Å²) in [6, 6.07) is 1.42. The average molecular weight is 266 g/mol. The van der Waals surface area contributed by atoms with Crippen molar-refractivity contribution in [1.82, 2.24) is 0 Å². The molecule has 0 bridgehead atoms. The van der Waals surface area contributed by atoms with Crippen LogP contribution >= 0.6 is 11.3 Å². The molecule has 1 aromatic heterocycles. The summed E-state index contributed by atoms with van der Waals surface area (Å²) in [5.41, 5.74) is -0.0451. The molecular formula is C10H9F3O3S. The minimum absolute atomic E-state index is 0.0451. The first-order valence-electron chi connectivity index (χ1n) is 4.63.